The smallest absolute Gasteiger partial charge is 0.395 e. The summed E-state index contributed by atoms with van der Waals surface area (Å²) >= 11 is 0. The van der Waals surface area contributed by atoms with Crippen LogP contribution in [0.25, 0.3) is 5.32 Å². The van der Waals surface area contributed by atoms with E-state index in [1.54, 1.807) is 14.1 Å². The molecule has 0 amide bonds. The van der Waals surface area contributed by atoms with E-state index in [0.717, 1.165) is 0 Å². The standard InChI is InChI=1S/C18H15P.C3H6N5.Au/c1-4-10-16(11-5-1)19(17-12-6-2-7-13-17)18-14-8-3-9-15-18;1-4-3-5-6-7-8(3)2;/h1-15H;1-2H3;/q;-1;+1/p+1. The van der Waals surface area contributed by atoms with E-state index in [9.17, 15) is 0 Å². The van der Waals surface area contributed by atoms with Crippen LogP contribution in [0.15, 0.2) is 91.0 Å². The molecule has 0 saturated heterocycles. The van der Waals surface area contributed by atoms with Crippen molar-refractivity contribution in [2.24, 2.45) is 7.05 Å². The van der Waals surface area contributed by atoms with Crippen LogP contribution in [0.1, 0.15) is 0 Å². The van der Waals surface area contributed by atoms with Crippen molar-refractivity contribution in [3.8, 4) is 0 Å². The summed E-state index contributed by atoms with van der Waals surface area (Å²) in [6.07, 6.45) is 0. The minimum atomic E-state index is -0.877. The molecular formula is C21H22AuN5P+. The molecule has 0 aliphatic carbocycles. The minimum absolute atomic E-state index is 0. The van der Waals surface area contributed by atoms with Crippen molar-refractivity contribution in [3.63, 3.8) is 0 Å². The van der Waals surface area contributed by atoms with Gasteiger partial charge in [0.15, 0.2) is 0 Å². The molecule has 0 spiro atoms. The van der Waals surface area contributed by atoms with Gasteiger partial charge in [0, 0.05) is 0 Å². The number of hydrogen-bond acceptors (Lipinski definition) is 3. The first-order valence-corrected chi connectivity index (χ1v) is 10.1. The van der Waals surface area contributed by atoms with Gasteiger partial charge in [-0.3, -0.25) is 5.10 Å². The second-order valence-electron chi connectivity index (χ2n) is 5.80. The van der Waals surface area contributed by atoms with Gasteiger partial charge in [-0.05, 0) is 50.5 Å². The van der Waals surface area contributed by atoms with Gasteiger partial charge in [-0.1, -0.05) is 54.6 Å². The van der Waals surface area contributed by atoms with E-state index < -0.39 is 7.92 Å². The topological polar surface area (TPSA) is 57.7 Å². The van der Waals surface area contributed by atoms with E-state index in [1.807, 2.05) is 0 Å². The van der Waals surface area contributed by atoms with Gasteiger partial charge in [-0.2, -0.15) is 0 Å². The zero-order valence-corrected chi connectivity index (χ0v) is 18.9. The third-order valence-electron chi connectivity index (χ3n) is 3.99. The van der Waals surface area contributed by atoms with Crippen molar-refractivity contribution in [1.82, 2.24) is 20.2 Å². The molecule has 7 heteroatoms. The van der Waals surface area contributed by atoms with Crippen molar-refractivity contribution in [1.29, 1.82) is 0 Å². The number of aryl methyl sites for hydroxylation is 1. The first-order chi connectivity index (χ1) is 13.3. The summed E-state index contributed by atoms with van der Waals surface area (Å²) in [6, 6.07) is 32.5. The minimum Gasteiger partial charge on any atom is -0.395 e. The Morgan fingerprint density at radius 2 is 1.11 bits per heavy atom. The molecule has 0 aliphatic rings. The number of aromatic nitrogens is 4. The Morgan fingerprint density at radius 3 is 1.36 bits per heavy atom. The maximum Gasteiger partial charge on any atom is 1.00 e. The molecule has 146 valence electrons. The Bertz CT molecular complexity index is 839. The Hall–Kier alpha value is -2.30. The SMILES string of the molecule is C[N-]c1nnnn1C.[Au+].c1ccc([PH+](c2ccccc2)c2ccccc2)cc1. The molecular weight excluding hydrogens is 550 g/mol. The molecule has 0 aliphatic heterocycles. The maximum absolute atomic E-state index is 3.76. The van der Waals surface area contributed by atoms with Gasteiger partial charge >= 0.3 is 22.4 Å². The quantitative estimate of drug-likeness (QED) is 0.279. The second-order valence-corrected chi connectivity index (χ2v) is 8.28. The molecule has 0 N–H and O–H groups in total. The van der Waals surface area contributed by atoms with Gasteiger partial charge < -0.3 is 10.00 Å². The van der Waals surface area contributed by atoms with E-state index in [2.05, 4.69) is 112 Å². The van der Waals surface area contributed by atoms with Crippen molar-refractivity contribution in [2.75, 3.05) is 7.05 Å². The molecule has 4 aromatic rings. The van der Waals surface area contributed by atoms with Crippen LogP contribution in [0.3, 0.4) is 0 Å². The van der Waals surface area contributed by atoms with E-state index >= 15 is 0 Å². The van der Waals surface area contributed by atoms with E-state index in [-0.39, 0.29) is 22.4 Å². The third-order valence-corrected chi connectivity index (χ3v) is 6.72. The van der Waals surface area contributed by atoms with Crippen molar-refractivity contribution < 1.29 is 22.4 Å². The predicted molar refractivity (Wildman–Crippen MR) is 114 cm³/mol. The Kier molecular flexibility index (Phi) is 9.05. The molecule has 0 bridgehead atoms. The van der Waals surface area contributed by atoms with Gasteiger partial charge in [0.25, 0.3) is 0 Å². The molecule has 1 heterocycles. The van der Waals surface area contributed by atoms with Crippen LogP contribution >= 0.6 is 7.92 Å². The van der Waals surface area contributed by atoms with E-state index in [4.69, 9.17) is 0 Å². The normalized spacial score (nSPS) is 9.82. The molecule has 0 radical (unpaired) electrons. The number of tetrazole rings is 1. The van der Waals surface area contributed by atoms with Crippen LogP contribution in [0.2, 0.25) is 0 Å². The Balaban J connectivity index is 0.000000264. The monoisotopic (exact) mass is 572 g/mol. The van der Waals surface area contributed by atoms with Crippen LogP contribution in [0.4, 0.5) is 5.95 Å². The summed E-state index contributed by atoms with van der Waals surface area (Å²) in [6.45, 7) is 0. The predicted octanol–water partition coefficient (Wildman–Crippen LogP) is 3.02. The fraction of sp³-hybridized carbons (Fsp3) is 0.0952. The fourth-order valence-corrected chi connectivity index (χ4v) is 5.31. The molecule has 3 aromatic carbocycles. The van der Waals surface area contributed by atoms with E-state index in [0.29, 0.717) is 5.95 Å². The average Bonchev–Trinajstić information content (AvgIpc) is 3.16. The van der Waals surface area contributed by atoms with Gasteiger partial charge in [-0.15, -0.1) is 10.4 Å². The zero-order chi connectivity index (χ0) is 18.9. The second kappa shape index (κ2) is 11.5. The average molecular weight is 572 g/mol. The molecule has 0 fully saturated rings. The third kappa shape index (κ3) is 5.85. The van der Waals surface area contributed by atoms with E-state index in [1.165, 1.54) is 20.6 Å². The van der Waals surface area contributed by atoms with Crippen LogP contribution in [0.5, 0.6) is 0 Å². The molecule has 4 rings (SSSR count). The molecule has 0 unspecified atom stereocenters. The van der Waals surface area contributed by atoms with Crippen LogP contribution in [-0.2, 0) is 29.4 Å². The summed E-state index contributed by atoms with van der Waals surface area (Å²) in [7, 11) is 2.51. The first kappa shape index (κ1) is 22.0. The largest absolute Gasteiger partial charge is 1.00 e. The number of rotatable bonds is 4. The number of nitrogens with zero attached hydrogens (tertiary/aromatic N) is 5. The molecule has 5 nitrogen and oxygen atoms in total. The van der Waals surface area contributed by atoms with Gasteiger partial charge in [0.1, 0.15) is 15.9 Å². The van der Waals surface area contributed by atoms with Crippen molar-refractivity contribution in [2.45, 2.75) is 0 Å². The van der Waals surface area contributed by atoms with Crippen LogP contribution < -0.4 is 15.9 Å². The van der Waals surface area contributed by atoms with Gasteiger partial charge in [0.2, 0.25) is 0 Å². The first-order valence-electron chi connectivity index (χ1n) is 8.65. The molecule has 28 heavy (non-hydrogen) atoms. The number of benzene rings is 3. The summed E-state index contributed by atoms with van der Waals surface area (Å²) < 4.78 is 1.50. The Labute approximate surface area is 182 Å². The van der Waals surface area contributed by atoms with Crippen molar-refractivity contribution >= 4 is 29.8 Å². The van der Waals surface area contributed by atoms with Crippen LogP contribution in [0, 0.1) is 0 Å². The molecule has 1 aromatic heterocycles. The zero-order valence-electron chi connectivity index (χ0n) is 15.7. The summed E-state index contributed by atoms with van der Waals surface area (Å²) in [5.41, 5.74) is 0. The Morgan fingerprint density at radius 1 is 0.714 bits per heavy atom. The number of hydrogen-bond donors (Lipinski definition) is 0. The molecule has 0 saturated carbocycles. The summed E-state index contributed by atoms with van der Waals surface area (Å²) in [5.74, 6) is 0.546. The van der Waals surface area contributed by atoms with Crippen LogP contribution in [-0.4, -0.2) is 27.3 Å². The van der Waals surface area contributed by atoms with Gasteiger partial charge in [-0.25, -0.2) is 0 Å². The maximum atomic E-state index is 3.76. The van der Waals surface area contributed by atoms with Crippen molar-refractivity contribution in [3.05, 3.63) is 96.3 Å². The van der Waals surface area contributed by atoms with Gasteiger partial charge in [0.05, 0.1) is 13.9 Å². The molecule has 0 atom stereocenters. The summed E-state index contributed by atoms with van der Waals surface area (Å²) in [4.78, 5) is 0. The summed E-state index contributed by atoms with van der Waals surface area (Å²) in [5, 5.41) is 18.5. The fourth-order valence-electron chi connectivity index (χ4n) is 2.73.